The lowest BCUT2D eigenvalue weighted by Crippen LogP contribution is -2.31. The molecule has 0 saturated heterocycles. The minimum atomic E-state index is -0.388. The average Bonchev–Trinajstić information content (AvgIpc) is 3.55. The molecule has 0 saturated carbocycles. The molecule has 0 aliphatic carbocycles. The zero-order valence-corrected chi connectivity index (χ0v) is 19.8. The predicted octanol–water partition coefficient (Wildman–Crippen LogP) is 5.68. The van der Waals surface area contributed by atoms with Crippen LogP contribution >= 0.6 is 11.3 Å². The summed E-state index contributed by atoms with van der Waals surface area (Å²) in [5.74, 6) is -0.160. The van der Waals surface area contributed by atoms with Crippen molar-refractivity contribution in [1.29, 1.82) is 0 Å². The summed E-state index contributed by atoms with van der Waals surface area (Å²) < 4.78 is 15.5. The Morgan fingerprint density at radius 3 is 2.66 bits per heavy atom. The van der Waals surface area contributed by atoms with E-state index in [2.05, 4.69) is 15.1 Å². The van der Waals surface area contributed by atoms with E-state index in [9.17, 15) is 9.18 Å². The second-order valence-electron chi connectivity index (χ2n) is 8.08. The van der Waals surface area contributed by atoms with Gasteiger partial charge in [0.25, 0.3) is 5.91 Å². The Kier molecular flexibility index (Phi) is 6.45. The van der Waals surface area contributed by atoms with Crippen molar-refractivity contribution < 1.29 is 9.18 Å². The van der Waals surface area contributed by atoms with Crippen LogP contribution in [0.4, 0.5) is 4.39 Å². The van der Waals surface area contributed by atoms with Gasteiger partial charge in [0.2, 0.25) is 5.82 Å². The minimum Gasteiger partial charge on any atom is -0.327 e. The second kappa shape index (κ2) is 9.99. The third-order valence-electron chi connectivity index (χ3n) is 5.60. The van der Waals surface area contributed by atoms with E-state index in [-0.39, 0.29) is 17.5 Å². The van der Waals surface area contributed by atoms with Gasteiger partial charge in [-0.15, -0.1) is 16.4 Å². The molecule has 0 radical (unpaired) electrons. The second-order valence-corrected chi connectivity index (χ2v) is 9.02. The number of halogens is 1. The van der Waals surface area contributed by atoms with Crippen LogP contribution in [0.25, 0.3) is 16.4 Å². The molecule has 5 rings (SSSR count). The Morgan fingerprint density at radius 2 is 1.91 bits per heavy atom. The highest BCUT2D eigenvalue weighted by atomic mass is 32.1. The first-order valence-corrected chi connectivity index (χ1v) is 12.0. The van der Waals surface area contributed by atoms with Crippen LogP contribution in [0.15, 0.2) is 90.6 Å². The molecule has 3 aromatic heterocycles. The van der Waals surface area contributed by atoms with Gasteiger partial charge in [-0.25, -0.2) is 14.1 Å². The van der Waals surface area contributed by atoms with E-state index in [1.165, 1.54) is 28.2 Å². The Hall–Kier alpha value is -4.17. The Labute approximate surface area is 206 Å². The molecule has 35 heavy (non-hydrogen) atoms. The predicted molar refractivity (Wildman–Crippen MR) is 134 cm³/mol. The first-order chi connectivity index (χ1) is 17.1. The maximum Gasteiger partial charge on any atom is 0.294 e. The van der Waals surface area contributed by atoms with E-state index in [0.717, 1.165) is 21.6 Å². The van der Waals surface area contributed by atoms with Crippen molar-refractivity contribution in [3.05, 3.63) is 119 Å². The van der Waals surface area contributed by atoms with Crippen LogP contribution in [-0.4, -0.2) is 30.6 Å². The number of rotatable bonds is 7. The largest absolute Gasteiger partial charge is 0.327 e. The number of thiophene rings is 1. The van der Waals surface area contributed by atoms with Gasteiger partial charge in [-0.05, 0) is 59.3 Å². The van der Waals surface area contributed by atoms with Gasteiger partial charge in [0.15, 0.2) is 5.82 Å². The van der Waals surface area contributed by atoms with Gasteiger partial charge < -0.3 is 4.90 Å². The van der Waals surface area contributed by atoms with E-state index >= 15 is 0 Å². The van der Waals surface area contributed by atoms with E-state index in [1.807, 2.05) is 60.8 Å². The summed E-state index contributed by atoms with van der Waals surface area (Å²) in [7, 11) is 0. The molecule has 0 unspecified atom stereocenters. The van der Waals surface area contributed by atoms with Crippen LogP contribution in [-0.2, 0) is 13.1 Å². The van der Waals surface area contributed by atoms with E-state index in [0.29, 0.717) is 24.6 Å². The fourth-order valence-electron chi connectivity index (χ4n) is 3.80. The lowest BCUT2D eigenvalue weighted by atomic mass is 10.1. The first-order valence-electron chi connectivity index (χ1n) is 11.1. The smallest absolute Gasteiger partial charge is 0.294 e. The fraction of sp³-hybridized carbons (Fsp3) is 0.111. The molecule has 5 aromatic rings. The van der Waals surface area contributed by atoms with Crippen LogP contribution in [0.3, 0.4) is 0 Å². The number of aromatic nitrogens is 4. The highest BCUT2D eigenvalue weighted by molar-refractivity contribution is 7.13. The van der Waals surface area contributed by atoms with Crippen LogP contribution in [0.1, 0.15) is 27.3 Å². The van der Waals surface area contributed by atoms with Crippen LogP contribution in [0, 0.1) is 12.7 Å². The Bertz CT molecular complexity index is 1450. The number of carbonyl (C=O) groups is 1. The molecular weight excluding hydrogens is 461 g/mol. The molecule has 174 valence electrons. The maximum atomic E-state index is 14.0. The molecule has 0 atom stereocenters. The van der Waals surface area contributed by atoms with Gasteiger partial charge in [-0.1, -0.05) is 42.5 Å². The third-order valence-corrected chi connectivity index (χ3v) is 6.46. The standard InChI is InChI=1S/C27H22FN5OS/c1-19-7-2-3-9-21(19)18-32(17-20-8-5-13-29-16-20)27(34)25-30-26(24-12-6-14-35-24)33(31-25)23-11-4-10-22(28)15-23/h2-16H,17-18H2,1H3. The van der Waals surface area contributed by atoms with Crippen molar-refractivity contribution in [3.8, 4) is 16.4 Å². The molecule has 6 nitrogen and oxygen atoms in total. The van der Waals surface area contributed by atoms with Crippen LogP contribution in [0.5, 0.6) is 0 Å². The first kappa shape index (κ1) is 22.6. The topological polar surface area (TPSA) is 63.9 Å². The number of carbonyl (C=O) groups excluding carboxylic acids is 1. The number of aryl methyl sites for hydroxylation is 1. The SMILES string of the molecule is Cc1ccccc1CN(Cc1cccnc1)C(=O)c1nc(-c2cccs2)n(-c2cccc(F)c2)n1. The highest BCUT2D eigenvalue weighted by Gasteiger charge is 2.25. The molecule has 2 aromatic carbocycles. The summed E-state index contributed by atoms with van der Waals surface area (Å²) in [6.07, 6.45) is 3.44. The normalized spacial score (nSPS) is 10.9. The van der Waals surface area contributed by atoms with Crippen molar-refractivity contribution in [2.75, 3.05) is 0 Å². The van der Waals surface area contributed by atoms with Crippen molar-refractivity contribution in [1.82, 2.24) is 24.6 Å². The van der Waals surface area contributed by atoms with Crippen LogP contribution < -0.4 is 0 Å². The van der Waals surface area contributed by atoms with Crippen molar-refractivity contribution in [2.24, 2.45) is 0 Å². The molecule has 1 amide bonds. The van der Waals surface area contributed by atoms with Gasteiger partial charge in [0, 0.05) is 25.5 Å². The molecule has 3 heterocycles. The van der Waals surface area contributed by atoms with Gasteiger partial charge in [0.1, 0.15) is 5.82 Å². The quantitative estimate of drug-likeness (QED) is 0.299. The zero-order chi connectivity index (χ0) is 24.2. The molecule has 0 aliphatic rings. The number of hydrogen-bond acceptors (Lipinski definition) is 5. The summed E-state index contributed by atoms with van der Waals surface area (Å²) in [6.45, 7) is 2.76. The Morgan fingerprint density at radius 1 is 1.03 bits per heavy atom. The summed E-state index contributed by atoms with van der Waals surface area (Å²) in [5.41, 5.74) is 3.52. The maximum absolute atomic E-state index is 14.0. The van der Waals surface area contributed by atoms with Gasteiger partial charge in [-0.2, -0.15) is 0 Å². The number of benzene rings is 2. The van der Waals surface area contributed by atoms with Gasteiger partial charge >= 0.3 is 0 Å². The van der Waals surface area contributed by atoms with E-state index in [4.69, 9.17) is 0 Å². The zero-order valence-electron chi connectivity index (χ0n) is 19.0. The molecule has 0 fully saturated rings. The number of nitrogens with zero attached hydrogens (tertiary/aromatic N) is 5. The minimum absolute atomic E-state index is 0.0511. The van der Waals surface area contributed by atoms with Gasteiger partial charge in [-0.3, -0.25) is 9.78 Å². The summed E-state index contributed by atoms with van der Waals surface area (Å²) in [5, 5.41) is 6.47. The Balaban J connectivity index is 1.56. The lowest BCUT2D eigenvalue weighted by Gasteiger charge is -2.22. The molecule has 8 heteroatoms. The third kappa shape index (κ3) is 5.02. The van der Waals surface area contributed by atoms with E-state index < -0.39 is 0 Å². The molecule has 0 spiro atoms. The summed E-state index contributed by atoms with van der Waals surface area (Å²) in [4.78, 5) is 25.1. The number of amides is 1. The highest BCUT2D eigenvalue weighted by Crippen LogP contribution is 2.26. The molecule has 0 bridgehead atoms. The average molecular weight is 484 g/mol. The number of pyridine rings is 1. The molecule has 0 aliphatic heterocycles. The lowest BCUT2D eigenvalue weighted by molar-refractivity contribution is 0.0717. The monoisotopic (exact) mass is 483 g/mol. The van der Waals surface area contributed by atoms with Crippen molar-refractivity contribution in [2.45, 2.75) is 20.0 Å². The molecule has 0 N–H and O–H groups in total. The summed E-state index contributed by atoms with van der Waals surface area (Å²) >= 11 is 1.48. The summed E-state index contributed by atoms with van der Waals surface area (Å²) in [6, 6.07) is 21.6. The number of hydrogen-bond donors (Lipinski definition) is 0. The van der Waals surface area contributed by atoms with Crippen molar-refractivity contribution >= 4 is 17.2 Å². The van der Waals surface area contributed by atoms with Crippen LogP contribution in [0.2, 0.25) is 0 Å². The molecular formula is C27H22FN5OS. The van der Waals surface area contributed by atoms with E-state index in [1.54, 1.807) is 29.4 Å². The van der Waals surface area contributed by atoms with Crippen molar-refractivity contribution in [3.63, 3.8) is 0 Å². The van der Waals surface area contributed by atoms with Gasteiger partial charge in [0.05, 0.1) is 10.6 Å². The fourth-order valence-corrected chi connectivity index (χ4v) is 4.50.